The van der Waals surface area contributed by atoms with E-state index in [1.807, 2.05) is 18.1 Å². The SMILES string of the molecule is C[N+](C)(C)CCCN1C=CC(=CC2Sc3ccccc3N2c2ccccc2)N=C1. The number of para-hydroxylation sites is 2. The minimum Gasteiger partial charge on any atom is -0.339 e. The van der Waals surface area contributed by atoms with Crippen molar-refractivity contribution in [3.05, 3.63) is 78.6 Å². The molecule has 0 saturated carbocycles. The zero-order chi connectivity index (χ0) is 20.3. The number of quaternary nitrogens is 1. The predicted octanol–water partition coefficient (Wildman–Crippen LogP) is 5.09. The fourth-order valence-corrected chi connectivity index (χ4v) is 4.81. The highest BCUT2D eigenvalue weighted by atomic mass is 32.2. The Bertz CT molecular complexity index is 911. The van der Waals surface area contributed by atoms with E-state index in [9.17, 15) is 0 Å². The Balaban J connectivity index is 1.48. The van der Waals surface area contributed by atoms with E-state index < -0.39 is 0 Å². The van der Waals surface area contributed by atoms with Crippen LogP contribution in [0, 0.1) is 0 Å². The van der Waals surface area contributed by atoms with Gasteiger partial charge in [-0.05, 0) is 36.4 Å². The molecule has 29 heavy (non-hydrogen) atoms. The van der Waals surface area contributed by atoms with Crippen molar-refractivity contribution in [3.8, 4) is 0 Å². The van der Waals surface area contributed by atoms with E-state index >= 15 is 0 Å². The lowest BCUT2D eigenvalue weighted by atomic mass is 10.2. The van der Waals surface area contributed by atoms with Crippen molar-refractivity contribution < 1.29 is 4.48 Å². The van der Waals surface area contributed by atoms with E-state index in [-0.39, 0.29) is 5.37 Å². The van der Waals surface area contributed by atoms with Gasteiger partial charge >= 0.3 is 0 Å². The van der Waals surface area contributed by atoms with Gasteiger partial charge in [0, 0.05) is 29.7 Å². The van der Waals surface area contributed by atoms with Gasteiger partial charge in [-0.2, -0.15) is 0 Å². The van der Waals surface area contributed by atoms with Crippen molar-refractivity contribution in [3.63, 3.8) is 0 Å². The molecule has 0 spiro atoms. The summed E-state index contributed by atoms with van der Waals surface area (Å²) in [6.45, 7) is 2.16. The smallest absolute Gasteiger partial charge is 0.105 e. The van der Waals surface area contributed by atoms with Gasteiger partial charge in [-0.3, -0.25) is 0 Å². The second-order valence-electron chi connectivity index (χ2n) is 8.44. The van der Waals surface area contributed by atoms with Crippen molar-refractivity contribution in [2.45, 2.75) is 16.7 Å². The van der Waals surface area contributed by atoms with Crippen molar-refractivity contribution in [1.29, 1.82) is 0 Å². The maximum absolute atomic E-state index is 4.71. The molecule has 2 aromatic rings. The summed E-state index contributed by atoms with van der Waals surface area (Å²) in [6.07, 6.45) is 9.64. The van der Waals surface area contributed by atoms with Crippen LogP contribution < -0.4 is 4.90 Å². The lowest BCUT2D eigenvalue weighted by Crippen LogP contribution is -2.36. The quantitative estimate of drug-likeness (QED) is 0.624. The van der Waals surface area contributed by atoms with Crippen LogP contribution >= 0.6 is 11.8 Å². The Labute approximate surface area is 178 Å². The molecular weight excluding hydrogens is 376 g/mol. The normalized spacial score (nSPS) is 19.8. The maximum atomic E-state index is 4.71. The molecular formula is C24H29N4S+. The summed E-state index contributed by atoms with van der Waals surface area (Å²) in [5.41, 5.74) is 3.48. The number of allylic oxidation sites excluding steroid dienone is 1. The van der Waals surface area contributed by atoms with Gasteiger partial charge in [0.25, 0.3) is 0 Å². The Morgan fingerprint density at radius 2 is 1.79 bits per heavy atom. The van der Waals surface area contributed by atoms with E-state index in [1.54, 1.807) is 0 Å². The summed E-state index contributed by atoms with van der Waals surface area (Å²) in [5, 5.41) is 0.191. The van der Waals surface area contributed by atoms with Crippen molar-refractivity contribution in [2.24, 2.45) is 4.99 Å². The molecule has 4 nitrogen and oxygen atoms in total. The second kappa shape index (κ2) is 8.47. The van der Waals surface area contributed by atoms with Crippen LogP contribution in [-0.2, 0) is 0 Å². The zero-order valence-electron chi connectivity index (χ0n) is 17.4. The van der Waals surface area contributed by atoms with Gasteiger partial charge in [-0.1, -0.05) is 42.1 Å². The Hall–Kier alpha value is -2.50. The summed E-state index contributed by atoms with van der Waals surface area (Å²) < 4.78 is 0.995. The average molecular weight is 406 g/mol. The molecule has 2 aliphatic rings. The number of benzene rings is 2. The summed E-state index contributed by atoms with van der Waals surface area (Å²) in [6, 6.07) is 19.2. The zero-order valence-corrected chi connectivity index (χ0v) is 18.2. The Kier molecular flexibility index (Phi) is 5.79. The van der Waals surface area contributed by atoms with Crippen LogP contribution in [-0.4, -0.2) is 55.3 Å². The lowest BCUT2D eigenvalue weighted by molar-refractivity contribution is -0.870. The van der Waals surface area contributed by atoms with E-state index in [2.05, 4.69) is 104 Å². The van der Waals surface area contributed by atoms with Gasteiger partial charge in [0.05, 0.1) is 45.4 Å². The minimum atomic E-state index is 0.191. The van der Waals surface area contributed by atoms with Crippen LogP contribution in [0.15, 0.2) is 88.5 Å². The van der Waals surface area contributed by atoms with E-state index in [0.717, 1.165) is 29.7 Å². The third-order valence-electron chi connectivity index (χ3n) is 5.01. The first-order chi connectivity index (χ1) is 14.0. The molecule has 2 aromatic carbocycles. The molecule has 2 aliphatic heterocycles. The third kappa shape index (κ3) is 4.92. The van der Waals surface area contributed by atoms with E-state index in [0.29, 0.717) is 0 Å². The number of aliphatic imine (C=N–C) groups is 1. The van der Waals surface area contributed by atoms with E-state index in [1.165, 1.54) is 16.3 Å². The standard InChI is InChI=1S/C24H29N4S/c1-28(2,3)17-9-15-26-16-14-20(25-19-26)18-24-27(21-10-5-4-6-11-21)22-12-7-8-13-23(22)29-24/h4-8,10-14,16,18-19,24H,9,15,17H2,1-3H3/q+1. The Morgan fingerprint density at radius 1 is 1.03 bits per heavy atom. The molecule has 0 aliphatic carbocycles. The number of hydrogen-bond acceptors (Lipinski definition) is 4. The van der Waals surface area contributed by atoms with E-state index in [4.69, 9.17) is 4.99 Å². The van der Waals surface area contributed by atoms with Gasteiger partial charge in [-0.25, -0.2) is 4.99 Å². The molecule has 0 radical (unpaired) electrons. The number of anilines is 2. The maximum Gasteiger partial charge on any atom is 0.105 e. The molecule has 0 saturated heterocycles. The summed E-state index contributed by atoms with van der Waals surface area (Å²) >= 11 is 1.88. The highest BCUT2D eigenvalue weighted by Crippen LogP contribution is 2.48. The highest BCUT2D eigenvalue weighted by Gasteiger charge is 2.29. The van der Waals surface area contributed by atoms with Gasteiger partial charge in [0.2, 0.25) is 0 Å². The number of fused-ring (bicyclic) bond motifs is 1. The fourth-order valence-electron chi connectivity index (χ4n) is 3.56. The molecule has 2 heterocycles. The van der Waals surface area contributed by atoms with Gasteiger partial charge < -0.3 is 14.3 Å². The van der Waals surface area contributed by atoms with Crippen LogP contribution in [0.5, 0.6) is 0 Å². The predicted molar refractivity (Wildman–Crippen MR) is 125 cm³/mol. The monoisotopic (exact) mass is 405 g/mol. The van der Waals surface area contributed by atoms with Crippen LogP contribution in [0.1, 0.15) is 6.42 Å². The molecule has 1 unspecified atom stereocenters. The first-order valence-corrected chi connectivity index (χ1v) is 11.0. The molecule has 0 bridgehead atoms. The van der Waals surface area contributed by atoms with Crippen molar-refractivity contribution in [1.82, 2.24) is 4.90 Å². The largest absolute Gasteiger partial charge is 0.339 e. The molecule has 5 heteroatoms. The van der Waals surface area contributed by atoms with Crippen LogP contribution in [0.4, 0.5) is 11.4 Å². The molecule has 0 amide bonds. The molecule has 0 aromatic heterocycles. The fraction of sp³-hybridized carbons (Fsp3) is 0.292. The minimum absolute atomic E-state index is 0.191. The van der Waals surface area contributed by atoms with Crippen molar-refractivity contribution >= 4 is 29.5 Å². The first kappa shape index (κ1) is 19.8. The van der Waals surface area contributed by atoms with Gasteiger partial charge in [0.1, 0.15) is 5.37 Å². The van der Waals surface area contributed by atoms with Crippen LogP contribution in [0.25, 0.3) is 0 Å². The molecule has 150 valence electrons. The second-order valence-corrected chi connectivity index (χ2v) is 9.60. The molecule has 0 fully saturated rings. The number of hydrogen-bond donors (Lipinski definition) is 0. The number of thioether (sulfide) groups is 1. The van der Waals surface area contributed by atoms with Crippen LogP contribution in [0.2, 0.25) is 0 Å². The molecule has 0 N–H and O–H groups in total. The average Bonchev–Trinajstić information content (AvgIpc) is 3.07. The topological polar surface area (TPSA) is 18.8 Å². The summed E-state index contributed by atoms with van der Waals surface area (Å²) in [4.78, 5) is 10.6. The lowest BCUT2D eigenvalue weighted by Gasteiger charge is -2.26. The van der Waals surface area contributed by atoms with Gasteiger partial charge in [-0.15, -0.1) is 0 Å². The number of nitrogens with zero attached hydrogens (tertiary/aromatic N) is 4. The summed E-state index contributed by atoms with van der Waals surface area (Å²) in [5.74, 6) is 0. The van der Waals surface area contributed by atoms with Crippen molar-refractivity contribution in [2.75, 3.05) is 39.1 Å². The molecule has 1 atom stereocenters. The first-order valence-electron chi connectivity index (χ1n) is 10.1. The van der Waals surface area contributed by atoms with Gasteiger partial charge in [0.15, 0.2) is 0 Å². The Morgan fingerprint density at radius 3 is 2.52 bits per heavy atom. The highest BCUT2D eigenvalue weighted by molar-refractivity contribution is 8.00. The summed E-state index contributed by atoms with van der Waals surface area (Å²) in [7, 11) is 6.70. The third-order valence-corrected chi connectivity index (χ3v) is 6.20. The van der Waals surface area contributed by atoms with Crippen LogP contribution in [0.3, 0.4) is 0 Å². The molecule has 4 rings (SSSR count). The number of rotatable bonds is 6.